The molecule has 1 saturated heterocycles. The Balaban J connectivity index is 1.94. The highest BCUT2D eigenvalue weighted by molar-refractivity contribution is 5.05. The lowest BCUT2D eigenvalue weighted by molar-refractivity contribution is 0.268. The average Bonchev–Trinajstić information content (AvgIpc) is 2.96. The van der Waals surface area contributed by atoms with Crippen molar-refractivity contribution in [3.63, 3.8) is 0 Å². The second-order valence-corrected chi connectivity index (χ2v) is 5.65. The van der Waals surface area contributed by atoms with E-state index >= 15 is 0 Å². The van der Waals surface area contributed by atoms with E-state index in [0.717, 1.165) is 31.1 Å². The molecule has 0 spiro atoms. The zero-order valence-electron chi connectivity index (χ0n) is 11.9. The zero-order chi connectivity index (χ0) is 13.1. The van der Waals surface area contributed by atoms with Crippen molar-refractivity contribution in [2.24, 2.45) is 0 Å². The van der Waals surface area contributed by atoms with E-state index in [0.29, 0.717) is 18.0 Å². The minimum absolute atomic E-state index is 0.443. The van der Waals surface area contributed by atoms with Crippen molar-refractivity contribution >= 4 is 0 Å². The van der Waals surface area contributed by atoms with Crippen molar-refractivity contribution in [3.05, 3.63) is 17.8 Å². The summed E-state index contributed by atoms with van der Waals surface area (Å²) in [7, 11) is 1.98. The van der Waals surface area contributed by atoms with Crippen LogP contribution in [-0.4, -0.2) is 42.1 Å². The van der Waals surface area contributed by atoms with Gasteiger partial charge in [-0.05, 0) is 40.8 Å². The maximum Gasteiger partial charge on any atom is 0.198 e. The molecule has 0 aromatic carbocycles. The van der Waals surface area contributed by atoms with E-state index in [2.05, 4.69) is 36.0 Å². The molecule has 2 atom stereocenters. The molecule has 1 N–H and O–H groups in total. The maximum atomic E-state index is 5.66. The summed E-state index contributed by atoms with van der Waals surface area (Å²) in [5, 5.41) is 3.22. The molecule has 1 aromatic rings. The summed E-state index contributed by atoms with van der Waals surface area (Å²) in [5.41, 5.74) is 1.06. The Labute approximate surface area is 110 Å². The van der Waals surface area contributed by atoms with Crippen LogP contribution in [0.1, 0.15) is 44.7 Å². The van der Waals surface area contributed by atoms with Crippen LogP contribution in [0.3, 0.4) is 0 Å². The molecule has 0 saturated carbocycles. The fourth-order valence-corrected chi connectivity index (χ4v) is 2.48. The average molecular weight is 251 g/mol. The molecule has 0 bridgehead atoms. The Morgan fingerprint density at radius 1 is 1.50 bits per heavy atom. The lowest BCUT2D eigenvalue weighted by atomic mass is 10.1. The van der Waals surface area contributed by atoms with Crippen molar-refractivity contribution < 1.29 is 4.42 Å². The molecule has 4 heteroatoms. The summed E-state index contributed by atoms with van der Waals surface area (Å²) in [4.78, 5) is 7.13. The Kier molecular flexibility index (Phi) is 4.40. The monoisotopic (exact) mass is 251 g/mol. The summed E-state index contributed by atoms with van der Waals surface area (Å²) in [5.74, 6) is 1.41. The minimum atomic E-state index is 0.443. The van der Waals surface area contributed by atoms with E-state index in [9.17, 15) is 0 Å². The maximum absolute atomic E-state index is 5.66. The summed E-state index contributed by atoms with van der Waals surface area (Å²) in [6, 6.07) is 1.06. The molecule has 0 amide bonds. The van der Waals surface area contributed by atoms with Crippen LogP contribution in [-0.2, 0) is 6.42 Å². The largest absolute Gasteiger partial charge is 0.448 e. The number of nitrogens with zero attached hydrogens (tertiary/aromatic N) is 2. The van der Waals surface area contributed by atoms with Crippen LogP contribution in [0.2, 0.25) is 0 Å². The highest BCUT2D eigenvalue weighted by Gasteiger charge is 2.28. The quantitative estimate of drug-likeness (QED) is 0.869. The predicted octanol–water partition coefficient (Wildman–Crippen LogP) is 2.02. The van der Waals surface area contributed by atoms with Gasteiger partial charge in [0.1, 0.15) is 6.26 Å². The third-order valence-corrected chi connectivity index (χ3v) is 3.88. The van der Waals surface area contributed by atoms with Crippen LogP contribution in [0.4, 0.5) is 0 Å². The predicted molar refractivity (Wildman–Crippen MR) is 72.8 cm³/mol. The topological polar surface area (TPSA) is 41.3 Å². The highest BCUT2D eigenvalue weighted by Crippen LogP contribution is 2.27. The number of oxazole rings is 1. The first-order chi connectivity index (χ1) is 8.60. The van der Waals surface area contributed by atoms with Crippen molar-refractivity contribution in [2.45, 2.75) is 51.6 Å². The van der Waals surface area contributed by atoms with E-state index in [4.69, 9.17) is 4.42 Å². The van der Waals surface area contributed by atoms with Gasteiger partial charge in [0.2, 0.25) is 0 Å². The Hall–Kier alpha value is -0.870. The van der Waals surface area contributed by atoms with Gasteiger partial charge in [-0.1, -0.05) is 0 Å². The first-order valence-electron chi connectivity index (χ1n) is 6.95. The van der Waals surface area contributed by atoms with Crippen LogP contribution < -0.4 is 5.32 Å². The number of hydrogen-bond acceptors (Lipinski definition) is 4. The van der Waals surface area contributed by atoms with Gasteiger partial charge in [0.25, 0.3) is 0 Å². The standard InChI is InChI=1S/C14H25N3O/c1-10(2)17-6-5-12(8-17)14-16-13(9-18-14)7-11(3)15-4/h9-12,15H,5-8H2,1-4H3. The van der Waals surface area contributed by atoms with Crippen LogP contribution >= 0.6 is 0 Å². The van der Waals surface area contributed by atoms with Gasteiger partial charge in [-0.25, -0.2) is 4.98 Å². The Morgan fingerprint density at radius 3 is 2.89 bits per heavy atom. The van der Waals surface area contributed by atoms with Crippen molar-refractivity contribution in [1.29, 1.82) is 0 Å². The molecule has 102 valence electrons. The van der Waals surface area contributed by atoms with Gasteiger partial charge in [-0.3, -0.25) is 0 Å². The van der Waals surface area contributed by atoms with E-state index in [1.54, 1.807) is 0 Å². The Morgan fingerprint density at radius 2 is 2.28 bits per heavy atom. The van der Waals surface area contributed by atoms with Gasteiger partial charge in [0.05, 0.1) is 5.69 Å². The third-order valence-electron chi connectivity index (χ3n) is 3.88. The van der Waals surface area contributed by atoms with Gasteiger partial charge in [-0.2, -0.15) is 0 Å². The molecule has 4 nitrogen and oxygen atoms in total. The molecule has 18 heavy (non-hydrogen) atoms. The molecular weight excluding hydrogens is 226 g/mol. The van der Waals surface area contributed by atoms with Gasteiger partial charge in [0, 0.05) is 31.0 Å². The van der Waals surface area contributed by atoms with E-state index in [1.807, 2.05) is 13.3 Å². The molecule has 1 fully saturated rings. The van der Waals surface area contributed by atoms with Gasteiger partial charge in [0.15, 0.2) is 5.89 Å². The minimum Gasteiger partial charge on any atom is -0.448 e. The summed E-state index contributed by atoms with van der Waals surface area (Å²) < 4.78 is 5.66. The van der Waals surface area contributed by atoms with Gasteiger partial charge < -0.3 is 14.6 Å². The van der Waals surface area contributed by atoms with Crippen molar-refractivity contribution in [2.75, 3.05) is 20.1 Å². The molecule has 2 heterocycles. The molecule has 1 aliphatic heterocycles. The SMILES string of the molecule is CNC(C)Cc1coc(C2CCN(C(C)C)C2)n1. The highest BCUT2D eigenvalue weighted by atomic mass is 16.3. The second-order valence-electron chi connectivity index (χ2n) is 5.65. The summed E-state index contributed by atoms with van der Waals surface area (Å²) in [6.45, 7) is 8.90. The second kappa shape index (κ2) is 5.85. The van der Waals surface area contributed by atoms with Crippen LogP contribution in [0.5, 0.6) is 0 Å². The van der Waals surface area contributed by atoms with E-state index in [-0.39, 0.29) is 0 Å². The lowest BCUT2D eigenvalue weighted by Gasteiger charge is -2.19. The zero-order valence-corrected chi connectivity index (χ0v) is 11.9. The molecule has 0 radical (unpaired) electrons. The third kappa shape index (κ3) is 3.12. The van der Waals surface area contributed by atoms with Crippen LogP contribution in [0, 0.1) is 0 Å². The molecule has 2 rings (SSSR count). The first kappa shape index (κ1) is 13.6. The van der Waals surface area contributed by atoms with Crippen molar-refractivity contribution in [1.82, 2.24) is 15.2 Å². The molecule has 2 unspecified atom stereocenters. The number of nitrogens with one attached hydrogen (secondary N) is 1. The lowest BCUT2D eigenvalue weighted by Crippen LogP contribution is -2.27. The normalized spacial score (nSPS) is 22.8. The smallest absolute Gasteiger partial charge is 0.198 e. The van der Waals surface area contributed by atoms with E-state index < -0.39 is 0 Å². The van der Waals surface area contributed by atoms with Crippen LogP contribution in [0.25, 0.3) is 0 Å². The van der Waals surface area contributed by atoms with Crippen LogP contribution in [0.15, 0.2) is 10.7 Å². The Bertz CT molecular complexity index is 375. The number of aromatic nitrogens is 1. The fraction of sp³-hybridized carbons (Fsp3) is 0.786. The number of likely N-dealkylation sites (N-methyl/N-ethyl adjacent to an activating group) is 1. The number of rotatable bonds is 5. The molecule has 1 aliphatic rings. The molecular formula is C14H25N3O. The van der Waals surface area contributed by atoms with Crippen molar-refractivity contribution in [3.8, 4) is 0 Å². The molecule has 0 aliphatic carbocycles. The summed E-state index contributed by atoms with van der Waals surface area (Å²) in [6.07, 6.45) is 3.92. The number of hydrogen-bond donors (Lipinski definition) is 1. The first-order valence-corrected chi connectivity index (χ1v) is 6.95. The van der Waals surface area contributed by atoms with E-state index in [1.165, 1.54) is 6.42 Å². The number of likely N-dealkylation sites (tertiary alicyclic amines) is 1. The molecule has 1 aromatic heterocycles. The summed E-state index contributed by atoms with van der Waals surface area (Å²) >= 11 is 0. The van der Waals surface area contributed by atoms with Gasteiger partial charge in [-0.15, -0.1) is 0 Å². The fourth-order valence-electron chi connectivity index (χ4n) is 2.48. The van der Waals surface area contributed by atoms with Gasteiger partial charge >= 0.3 is 0 Å².